The van der Waals surface area contributed by atoms with E-state index in [1.165, 1.54) is 0 Å². The van der Waals surface area contributed by atoms with Gasteiger partial charge in [0.2, 0.25) is 0 Å². The molecule has 1 unspecified atom stereocenters. The summed E-state index contributed by atoms with van der Waals surface area (Å²) >= 11 is 0. The quantitative estimate of drug-likeness (QED) is 0.838. The molecule has 2 rings (SSSR count). The molecule has 0 aromatic heterocycles. The van der Waals surface area contributed by atoms with Crippen LogP contribution in [0.2, 0.25) is 0 Å². The van der Waals surface area contributed by atoms with Crippen LogP contribution in [0.4, 0.5) is 0 Å². The Bertz CT molecular complexity index is 471. The van der Waals surface area contributed by atoms with Crippen LogP contribution in [0.5, 0.6) is 5.75 Å². The molecule has 1 atom stereocenters. The number of ether oxygens (including phenoxy) is 1. The van der Waals surface area contributed by atoms with Crippen molar-refractivity contribution in [1.82, 2.24) is 4.90 Å². The smallest absolute Gasteiger partial charge is 0.163 e. The van der Waals surface area contributed by atoms with E-state index in [-0.39, 0.29) is 5.78 Å². The number of carbonyl (C=O) groups is 1. The zero-order valence-electron chi connectivity index (χ0n) is 12.3. The molecule has 0 saturated carbocycles. The summed E-state index contributed by atoms with van der Waals surface area (Å²) < 4.78 is 5.73. The van der Waals surface area contributed by atoms with Crippen LogP contribution < -0.4 is 4.74 Å². The Hall–Kier alpha value is -1.39. The molecule has 1 aliphatic rings. The molecule has 0 bridgehead atoms. The summed E-state index contributed by atoms with van der Waals surface area (Å²) in [7, 11) is 0. The highest BCUT2D eigenvalue weighted by Crippen LogP contribution is 2.21. The second kappa shape index (κ2) is 6.37. The van der Waals surface area contributed by atoms with Gasteiger partial charge in [0.1, 0.15) is 12.4 Å². The monoisotopic (exact) mass is 277 g/mol. The summed E-state index contributed by atoms with van der Waals surface area (Å²) in [5, 5.41) is 10.1. The molecule has 4 nitrogen and oxygen atoms in total. The topological polar surface area (TPSA) is 49.8 Å². The maximum absolute atomic E-state index is 11.5. The van der Waals surface area contributed by atoms with Gasteiger partial charge in [0.05, 0.1) is 11.2 Å². The highest BCUT2D eigenvalue weighted by atomic mass is 16.5. The number of benzene rings is 1. The van der Waals surface area contributed by atoms with Crippen LogP contribution >= 0.6 is 0 Å². The van der Waals surface area contributed by atoms with Gasteiger partial charge >= 0.3 is 0 Å². The van der Waals surface area contributed by atoms with E-state index in [9.17, 15) is 9.90 Å². The van der Waals surface area contributed by atoms with Crippen molar-refractivity contribution < 1.29 is 14.6 Å². The van der Waals surface area contributed by atoms with Crippen LogP contribution in [0.1, 0.15) is 37.0 Å². The van der Waals surface area contributed by atoms with Crippen molar-refractivity contribution in [3.05, 3.63) is 29.8 Å². The lowest BCUT2D eigenvalue weighted by molar-refractivity contribution is -0.0183. The summed E-state index contributed by atoms with van der Waals surface area (Å²) in [6.45, 7) is 6.40. The molecular formula is C16H23NO3. The van der Waals surface area contributed by atoms with Gasteiger partial charge in [-0.1, -0.05) is 12.1 Å². The highest BCUT2D eigenvalue weighted by Gasteiger charge is 2.27. The molecule has 1 aromatic carbocycles. The minimum Gasteiger partial charge on any atom is -0.491 e. The van der Waals surface area contributed by atoms with Crippen molar-refractivity contribution in [2.75, 3.05) is 26.2 Å². The van der Waals surface area contributed by atoms with E-state index < -0.39 is 5.60 Å². The van der Waals surface area contributed by atoms with Gasteiger partial charge in [0, 0.05) is 13.1 Å². The number of nitrogens with zero attached hydrogens (tertiary/aromatic N) is 1. The Morgan fingerprint density at radius 3 is 2.90 bits per heavy atom. The zero-order valence-corrected chi connectivity index (χ0v) is 12.3. The fourth-order valence-corrected chi connectivity index (χ4v) is 2.68. The normalized spacial score (nSPS) is 23.6. The minimum atomic E-state index is -0.588. The molecule has 20 heavy (non-hydrogen) atoms. The first-order valence-corrected chi connectivity index (χ1v) is 7.15. The summed E-state index contributed by atoms with van der Waals surface area (Å²) in [5.74, 6) is 0.658. The highest BCUT2D eigenvalue weighted by molar-refractivity contribution is 5.96. The second-order valence-corrected chi connectivity index (χ2v) is 5.78. The maximum Gasteiger partial charge on any atom is 0.163 e. The van der Waals surface area contributed by atoms with E-state index in [0.717, 1.165) is 25.9 Å². The largest absolute Gasteiger partial charge is 0.491 e. The molecule has 0 aliphatic carbocycles. The number of rotatable bonds is 5. The molecule has 4 heteroatoms. The van der Waals surface area contributed by atoms with E-state index in [1.807, 2.05) is 25.1 Å². The molecule has 0 spiro atoms. The van der Waals surface area contributed by atoms with Crippen molar-refractivity contribution in [2.45, 2.75) is 32.3 Å². The van der Waals surface area contributed by atoms with Gasteiger partial charge < -0.3 is 9.84 Å². The Labute approximate surface area is 120 Å². The van der Waals surface area contributed by atoms with Gasteiger partial charge in [-0.3, -0.25) is 9.69 Å². The van der Waals surface area contributed by atoms with E-state index in [0.29, 0.717) is 24.5 Å². The van der Waals surface area contributed by atoms with E-state index in [2.05, 4.69) is 4.90 Å². The lowest BCUT2D eigenvalue weighted by atomic mass is 9.95. The average Bonchev–Trinajstić information content (AvgIpc) is 2.38. The van der Waals surface area contributed by atoms with Crippen LogP contribution in [0.3, 0.4) is 0 Å². The Kier molecular flexibility index (Phi) is 4.78. The van der Waals surface area contributed by atoms with Crippen LogP contribution in [0.15, 0.2) is 24.3 Å². The summed E-state index contributed by atoms with van der Waals surface area (Å²) in [5.41, 5.74) is 0.0355. The van der Waals surface area contributed by atoms with Crippen molar-refractivity contribution >= 4 is 5.78 Å². The van der Waals surface area contributed by atoms with Gasteiger partial charge in [0.15, 0.2) is 5.78 Å². The molecule has 1 fully saturated rings. The number of para-hydroxylation sites is 1. The molecule has 1 N–H and O–H groups in total. The number of carbonyl (C=O) groups excluding carboxylic acids is 1. The van der Waals surface area contributed by atoms with E-state index >= 15 is 0 Å². The SMILES string of the molecule is CC(=O)c1ccccc1OCCN1CCCC(C)(O)C1. The summed E-state index contributed by atoms with van der Waals surface area (Å²) in [6, 6.07) is 7.31. The Morgan fingerprint density at radius 2 is 2.20 bits per heavy atom. The number of ketones is 1. The van der Waals surface area contributed by atoms with Crippen molar-refractivity contribution in [3.8, 4) is 5.75 Å². The molecule has 1 saturated heterocycles. The third-order valence-electron chi connectivity index (χ3n) is 3.69. The molecule has 1 aliphatic heterocycles. The van der Waals surface area contributed by atoms with Gasteiger partial charge in [-0.05, 0) is 45.4 Å². The van der Waals surface area contributed by atoms with E-state index in [1.54, 1.807) is 13.0 Å². The maximum atomic E-state index is 11.5. The van der Waals surface area contributed by atoms with Gasteiger partial charge in [0.25, 0.3) is 0 Å². The van der Waals surface area contributed by atoms with Crippen LogP contribution in [0, 0.1) is 0 Å². The lowest BCUT2D eigenvalue weighted by Gasteiger charge is -2.36. The predicted octanol–water partition coefficient (Wildman–Crippen LogP) is 2.11. The first-order valence-electron chi connectivity index (χ1n) is 7.15. The molecule has 0 amide bonds. The minimum absolute atomic E-state index is 0.0153. The third-order valence-corrected chi connectivity index (χ3v) is 3.69. The van der Waals surface area contributed by atoms with Crippen LogP contribution in [-0.2, 0) is 0 Å². The Morgan fingerprint density at radius 1 is 1.45 bits per heavy atom. The number of piperidine rings is 1. The van der Waals surface area contributed by atoms with Crippen molar-refractivity contribution in [2.24, 2.45) is 0 Å². The van der Waals surface area contributed by atoms with Crippen molar-refractivity contribution in [1.29, 1.82) is 0 Å². The van der Waals surface area contributed by atoms with E-state index in [4.69, 9.17) is 4.74 Å². The van der Waals surface area contributed by atoms with Gasteiger partial charge in [-0.25, -0.2) is 0 Å². The molecule has 1 aromatic rings. The third kappa shape index (κ3) is 4.05. The average molecular weight is 277 g/mol. The van der Waals surface area contributed by atoms with Gasteiger partial charge in [-0.15, -0.1) is 0 Å². The molecular weight excluding hydrogens is 254 g/mol. The molecule has 0 radical (unpaired) electrons. The Balaban J connectivity index is 1.86. The predicted molar refractivity (Wildman–Crippen MR) is 78.2 cm³/mol. The summed E-state index contributed by atoms with van der Waals surface area (Å²) in [6.07, 6.45) is 1.87. The number of Topliss-reactive ketones (excluding diaryl/α,β-unsaturated/α-hetero) is 1. The van der Waals surface area contributed by atoms with Crippen LogP contribution in [-0.4, -0.2) is 47.6 Å². The molecule has 110 valence electrons. The first kappa shape index (κ1) is 15.0. The standard InChI is InChI=1S/C16H23NO3/c1-13(18)14-6-3-4-7-15(14)20-11-10-17-9-5-8-16(2,19)12-17/h3-4,6-7,19H,5,8-12H2,1-2H3. The number of likely N-dealkylation sites (tertiary alicyclic amines) is 1. The number of hydrogen-bond acceptors (Lipinski definition) is 4. The second-order valence-electron chi connectivity index (χ2n) is 5.78. The number of β-amino-alcohol motifs (C(OH)–C–C–N with tert-alkyl or cyclic N) is 1. The summed E-state index contributed by atoms with van der Waals surface area (Å²) in [4.78, 5) is 13.7. The molecule has 1 heterocycles. The fraction of sp³-hybridized carbons (Fsp3) is 0.562. The number of aliphatic hydroxyl groups is 1. The van der Waals surface area contributed by atoms with Gasteiger partial charge in [-0.2, -0.15) is 0 Å². The van der Waals surface area contributed by atoms with Crippen LogP contribution in [0.25, 0.3) is 0 Å². The number of hydrogen-bond donors (Lipinski definition) is 1. The lowest BCUT2D eigenvalue weighted by Crippen LogP contribution is -2.47. The zero-order chi connectivity index (χ0) is 14.6. The first-order chi connectivity index (χ1) is 9.48. The van der Waals surface area contributed by atoms with Crippen molar-refractivity contribution in [3.63, 3.8) is 0 Å². The fourth-order valence-electron chi connectivity index (χ4n) is 2.68.